The van der Waals surface area contributed by atoms with E-state index in [1.165, 1.54) is 24.3 Å². The zero-order valence-corrected chi connectivity index (χ0v) is 13.8. The van der Waals surface area contributed by atoms with Gasteiger partial charge in [0, 0.05) is 31.7 Å². The first-order chi connectivity index (χ1) is 12.1. The lowest BCUT2D eigenvalue weighted by molar-refractivity contribution is -0.117. The van der Waals surface area contributed by atoms with Gasteiger partial charge in [0.05, 0.1) is 12.7 Å². The quantitative estimate of drug-likeness (QED) is 0.903. The van der Waals surface area contributed by atoms with E-state index in [0.29, 0.717) is 31.8 Å². The van der Waals surface area contributed by atoms with Crippen LogP contribution in [0.4, 0.5) is 14.5 Å². The number of benzene rings is 2. The predicted octanol–water partition coefficient (Wildman–Crippen LogP) is 3.37. The number of morpholine rings is 1. The predicted molar refractivity (Wildman–Crippen MR) is 91.2 cm³/mol. The number of ether oxygens (including phenoxy) is 1. The zero-order chi connectivity index (χ0) is 17.6. The molecule has 4 nitrogen and oxygen atoms in total. The largest absolute Gasteiger partial charge is 0.371 e. The Morgan fingerprint density at radius 1 is 1.16 bits per heavy atom. The van der Waals surface area contributed by atoms with Gasteiger partial charge in [-0.25, -0.2) is 8.78 Å². The molecule has 1 amide bonds. The second-order valence-electron chi connectivity index (χ2n) is 6.02. The molecule has 1 unspecified atom stereocenters. The summed E-state index contributed by atoms with van der Waals surface area (Å²) in [4.78, 5) is 14.2. The molecule has 0 bridgehead atoms. The Kier molecular flexibility index (Phi) is 5.73. The van der Waals surface area contributed by atoms with Gasteiger partial charge >= 0.3 is 0 Å². The summed E-state index contributed by atoms with van der Waals surface area (Å²) in [5.41, 5.74) is 1.38. The Hall–Kier alpha value is -2.31. The molecule has 2 aromatic rings. The molecular weight excluding hydrogens is 326 g/mol. The van der Waals surface area contributed by atoms with Crippen LogP contribution in [0.3, 0.4) is 0 Å². The lowest BCUT2D eigenvalue weighted by Crippen LogP contribution is -2.39. The third-order valence-electron chi connectivity index (χ3n) is 4.16. The van der Waals surface area contributed by atoms with Crippen molar-refractivity contribution in [1.82, 2.24) is 4.90 Å². The highest BCUT2D eigenvalue weighted by atomic mass is 19.1. The summed E-state index contributed by atoms with van der Waals surface area (Å²) in [6.45, 7) is 2.54. The standard InChI is InChI=1S/C19H20F2N2O2/c20-15-6-4-14(5-7-15)18-13-23(10-11-25-18)9-8-19(24)22-17-3-1-2-16(21)12-17/h1-7,12,18H,8-11,13H2,(H,22,24). The molecule has 0 spiro atoms. The Balaban J connectivity index is 1.49. The number of halogens is 2. The topological polar surface area (TPSA) is 41.6 Å². The Bertz CT molecular complexity index is 722. The number of carbonyl (C=O) groups excluding carboxylic acids is 1. The number of hydrogen-bond acceptors (Lipinski definition) is 3. The van der Waals surface area contributed by atoms with Crippen LogP contribution in [-0.4, -0.2) is 37.0 Å². The number of rotatable bonds is 5. The van der Waals surface area contributed by atoms with Gasteiger partial charge in [-0.2, -0.15) is 0 Å². The fourth-order valence-corrected chi connectivity index (χ4v) is 2.83. The number of anilines is 1. The summed E-state index contributed by atoms with van der Waals surface area (Å²) in [6.07, 6.45) is 0.188. The molecule has 1 aliphatic heterocycles. The normalized spacial score (nSPS) is 18.1. The average Bonchev–Trinajstić information content (AvgIpc) is 2.61. The summed E-state index contributed by atoms with van der Waals surface area (Å²) in [6, 6.07) is 12.1. The van der Waals surface area contributed by atoms with Gasteiger partial charge in [-0.3, -0.25) is 9.69 Å². The van der Waals surface area contributed by atoms with Crippen molar-refractivity contribution in [1.29, 1.82) is 0 Å². The van der Waals surface area contributed by atoms with E-state index in [1.54, 1.807) is 24.3 Å². The first-order valence-electron chi connectivity index (χ1n) is 8.25. The molecule has 1 heterocycles. The first kappa shape index (κ1) is 17.5. The van der Waals surface area contributed by atoms with Crippen LogP contribution < -0.4 is 5.32 Å². The van der Waals surface area contributed by atoms with Gasteiger partial charge in [0.15, 0.2) is 0 Å². The molecule has 0 aliphatic carbocycles. The van der Waals surface area contributed by atoms with Gasteiger partial charge in [-0.05, 0) is 35.9 Å². The molecular formula is C19H20F2N2O2. The van der Waals surface area contributed by atoms with Gasteiger partial charge in [0.25, 0.3) is 0 Å². The van der Waals surface area contributed by atoms with Crippen molar-refractivity contribution >= 4 is 11.6 Å². The molecule has 132 valence electrons. The molecule has 1 atom stereocenters. The van der Waals surface area contributed by atoms with Gasteiger partial charge in [-0.15, -0.1) is 0 Å². The minimum atomic E-state index is -0.381. The molecule has 6 heteroatoms. The lowest BCUT2D eigenvalue weighted by Gasteiger charge is -2.33. The van der Waals surface area contributed by atoms with Crippen molar-refractivity contribution < 1.29 is 18.3 Å². The van der Waals surface area contributed by atoms with Crippen LogP contribution in [0.2, 0.25) is 0 Å². The number of amides is 1. The van der Waals surface area contributed by atoms with E-state index in [2.05, 4.69) is 10.2 Å². The smallest absolute Gasteiger partial charge is 0.225 e. The third-order valence-corrected chi connectivity index (χ3v) is 4.16. The van der Waals surface area contributed by atoms with Crippen LogP contribution in [0.5, 0.6) is 0 Å². The molecule has 0 aromatic heterocycles. The van der Waals surface area contributed by atoms with Crippen molar-refractivity contribution in [3.63, 3.8) is 0 Å². The van der Waals surface area contributed by atoms with Crippen molar-refractivity contribution in [2.45, 2.75) is 12.5 Å². The van der Waals surface area contributed by atoms with Crippen LogP contribution in [0.25, 0.3) is 0 Å². The maximum atomic E-state index is 13.1. The maximum absolute atomic E-state index is 13.1. The molecule has 3 rings (SSSR count). The number of nitrogens with one attached hydrogen (secondary N) is 1. The molecule has 1 fully saturated rings. The van der Waals surface area contributed by atoms with Crippen LogP contribution in [0.1, 0.15) is 18.1 Å². The van der Waals surface area contributed by atoms with Crippen LogP contribution in [0.15, 0.2) is 48.5 Å². The Labute approximate surface area is 145 Å². The fourth-order valence-electron chi connectivity index (χ4n) is 2.83. The van der Waals surface area contributed by atoms with E-state index in [9.17, 15) is 13.6 Å². The highest BCUT2D eigenvalue weighted by Crippen LogP contribution is 2.22. The highest BCUT2D eigenvalue weighted by molar-refractivity contribution is 5.90. The summed E-state index contributed by atoms with van der Waals surface area (Å²) in [5.74, 6) is -0.811. The Morgan fingerprint density at radius 3 is 2.72 bits per heavy atom. The average molecular weight is 346 g/mol. The van der Waals surface area contributed by atoms with E-state index in [0.717, 1.165) is 12.1 Å². The second-order valence-corrected chi connectivity index (χ2v) is 6.02. The molecule has 1 N–H and O–H groups in total. The second kappa shape index (κ2) is 8.18. The monoisotopic (exact) mass is 346 g/mol. The number of carbonyl (C=O) groups is 1. The van der Waals surface area contributed by atoms with E-state index in [1.807, 2.05) is 0 Å². The van der Waals surface area contributed by atoms with Crippen molar-refractivity contribution in [2.24, 2.45) is 0 Å². The molecule has 0 saturated carbocycles. The van der Waals surface area contributed by atoms with E-state index >= 15 is 0 Å². The van der Waals surface area contributed by atoms with E-state index in [4.69, 9.17) is 4.74 Å². The molecule has 1 saturated heterocycles. The van der Waals surface area contributed by atoms with Gasteiger partial charge in [0.1, 0.15) is 11.6 Å². The number of hydrogen-bond donors (Lipinski definition) is 1. The minimum absolute atomic E-state index is 0.124. The van der Waals surface area contributed by atoms with Crippen LogP contribution in [0, 0.1) is 11.6 Å². The zero-order valence-electron chi connectivity index (χ0n) is 13.8. The van der Waals surface area contributed by atoms with Crippen LogP contribution >= 0.6 is 0 Å². The fraction of sp³-hybridized carbons (Fsp3) is 0.316. The molecule has 25 heavy (non-hydrogen) atoms. The Morgan fingerprint density at radius 2 is 1.96 bits per heavy atom. The lowest BCUT2D eigenvalue weighted by atomic mass is 10.1. The minimum Gasteiger partial charge on any atom is -0.371 e. The third kappa shape index (κ3) is 5.08. The first-order valence-corrected chi connectivity index (χ1v) is 8.25. The van der Waals surface area contributed by atoms with Crippen LogP contribution in [-0.2, 0) is 9.53 Å². The maximum Gasteiger partial charge on any atom is 0.225 e. The van der Waals surface area contributed by atoms with E-state index < -0.39 is 0 Å². The van der Waals surface area contributed by atoms with Gasteiger partial charge in [-0.1, -0.05) is 18.2 Å². The summed E-state index contributed by atoms with van der Waals surface area (Å²) in [5, 5.41) is 2.69. The van der Waals surface area contributed by atoms with Gasteiger partial charge < -0.3 is 10.1 Å². The highest BCUT2D eigenvalue weighted by Gasteiger charge is 2.22. The summed E-state index contributed by atoms with van der Waals surface area (Å²) in [7, 11) is 0. The molecule has 2 aromatic carbocycles. The van der Waals surface area contributed by atoms with Crippen molar-refractivity contribution in [3.05, 3.63) is 65.7 Å². The van der Waals surface area contributed by atoms with Gasteiger partial charge in [0.2, 0.25) is 5.91 Å². The van der Waals surface area contributed by atoms with Crippen molar-refractivity contribution in [2.75, 3.05) is 31.6 Å². The summed E-state index contributed by atoms with van der Waals surface area (Å²) < 4.78 is 31.9. The summed E-state index contributed by atoms with van der Waals surface area (Å²) >= 11 is 0. The van der Waals surface area contributed by atoms with E-state index in [-0.39, 0.29) is 23.6 Å². The SMILES string of the molecule is O=C(CCN1CCOC(c2ccc(F)cc2)C1)Nc1cccc(F)c1. The molecule has 1 aliphatic rings. The number of nitrogens with zero attached hydrogens (tertiary/aromatic N) is 1. The van der Waals surface area contributed by atoms with Crippen molar-refractivity contribution in [3.8, 4) is 0 Å². The molecule has 0 radical (unpaired) electrons.